The Labute approximate surface area is 147 Å². The number of hydrogen-bond donors (Lipinski definition) is 2. The van der Waals surface area contributed by atoms with E-state index in [1.165, 1.54) is 0 Å². The number of aromatic amines is 1. The van der Waals surface area contributed by atoms with Gasteiger partial charge in [-0.1, -0.05) is 29.8 Å². The number of hydrogen-bond acceptors (Lipinski definition) is 3. The van der Waals surface area contributed by atoms with E-state index in [-0.39, 0.29) is 5.91 Å². The number of likely N-dealkylation sites (N-methyl/N-ethyl adjacent to an activating group) is 1. The molecule has 5 heteroatoms. The summed E-state index contributed by atoms with van der Waals surface area (Å²) in [4.78, 5) is 21.7. The molecule has 1 aromatic carbocycles. The Morgan fingerprint density at radius 2 is 2.04 bits per heavy atom. The number of aliphatic hydroxyl groups is 1. The minimum Gasteiger partial charge on any atom is -0.387 e. The second-order valence-electron chi connectivity index (χ2n) is 6.25. The molecule has 1 amide bonds. The van der Waals surface area contributed by atoms with Gasteiger partial charge >= 0.3 is 0 Å². The number of nitrogens with zero attached hydrogens (tertiary/aromatic N) is 2. The van der Waals surface area contributed by atoms with E-state index in [0.29, 0.717) is 19.5 Å². The molecule has 2 heterocycles. The number of pyridine rings is 1. The number of amides is 1. The third-order valence-electron chi connectivity index (χ3n) is 4.47. The van der Waals surface area contributed by atoms with Crippen molar-refractivity contribution in [3.05, 3.63) is 65.5 Å². The Hall–Kier alpha value is -2.66. The van der Waals surface area contributed by atoms with Crippen LogP contribution >= 0.6 is 0 Å². The molecule has 0 saturated carbocycles. The summed E-state index contributed by atoms with van der Waals surface area (Å²) in [7, 11) is 0. The summed E-state index contributed by atoms with van der Waals surface area (Å²) in [6.45, 7) is 4.78. The number of aryl methyl sites for hydroxylation is 1. The van der Waals surface area contributed by atoms with Gasteiger partial charge in [-0.05, 0) is 37.1 Å². The van der Waals surface area contributed by atoms with Crippen molar-refractivity contribution in [1.29, 1.82) is 0 Å². The number of rotatable bonds is 6. The van der Waals surface area contributed by atoms with E-state index in [4.69, 9.17) is 0 Å². The van der Waals surface area contributed by atoms with Crippen molar-refractivity contribution in [3.8, 4) is 0 Å². The SMILES string of the molecule is CCN(CC(O)c1ccc(C)cc1)C(=O)Cc1c[nH]c2ncccc12. The molecule has 3 aromatic rings. The standard InChI is InChI=1S/C20H23N3O2/c1-3-23(13-18(24)15-8-6-14(2)7-9-15)19(25)11-16-12-22-20-17(16)5-4-10-21-20/h4-10,12,18,24H,3,11,13H2,1-2H3,(H,21,22). The van der Waals surface area contributed by atoms with Crippen LogP contribution in [0.15, 0.2) is 48.8 Å². The summed E-state index contributed by atoms with van der Waals surface area (Å²) in [6, 6.07) is 11.6. The van der Waals surface area contributed by atoms with Crippen molar-refractivity contribution in [1.82, 2.24) is 14.9 Å². The molecule has 2 N–H and O–H groups in total. The number of aromatic nitrogens is 2. The first-order valence-corrected chi connectivity index (χ1v) is 8.52. The molecule has 5 nitrogen and oxygen atoms in total. The highest BCUT2D eigenvalue weighted by Gasteiger charge is 2.19. The van der Waals surface area contributed by atoms with Crippen LogP contribution in [0.25, 0.3) is 11.0 Å². The molecule has 0 radical (unpaired) electrons. The number of nitrogens with one attached hydrogen (secondary N) is 1. The van der Waals surface area contributed by atoms with Gasteiger partial charge in [-0.15, -0.1) is 0 Å². The van der Waals surface area contributed by atoms with Gasteiger partial charge in [0.05, 0.1) is 19.1 Å². The van der Waals surface area contributed by atoms with Crippen molar-refractivity contribution in [2.24, 2.45) is 0 Å². The van der Waals surface area contributed by atoms with Gasteiger partial charge in [0.2, 0.25) is 5.91 Å². The lowest BCUT2D eigenvalue weighted by atomic mass is 10.1. The molecule has 0 spiro atoms. The zero-order valence-corrected chi connectivity index (χ0v) is 14.6. The van der Waals surface area contributed by atoms with Crippen LogP contribution in [0.2, 0.25) is 0 Å². The topological polar surface area (TPSA) is 69.2 Å². The molecule has 2 aromatic heterocycles. The minimum absolute atomic E-state index is 0.00147. The summed E-state index contributed by atoms with van der Waals surface area (Å²) >= 11 is 0. The second-order valence-corrected chi connectivity index (χ2v) is 6.25. The number of H-pyrrole nitrogens is 1. The monoisotopic (exact) mass is 337 g/mol. The van der Waals surface area contributed by atoms with Crippen LogP contribution in [0.4, 0.5) is 0 Å². The smallest absolute Gasteiger partial charge is 0.227 e. The Bertz CT molecular complexity index is 855. The Morgan fingerprint density at radius 1 is 1.28 bits per heavy atom. The Kier molecular flexibility index (Phi) is 5.14. The molecule has 130 valence electrons. The van der Waals surface area contributed by atoms with Gasteiger partial charge < -0.3 is 15.0 Å². The maximum Gasteiger partial charge on any atom is 0.227 e. The Balaban J connectivity index is 1.69. The van der Waals surface area contributed by atoms with E-state index in [1.54, 1.807) is 11.1 Å². The first kappa shape index (κ1) is 17.2. The van der Waals surface area contributed by atoms with Gasteiger partial charge in [0.25, 0.3) is 0 Å². The van der Waals surface area contributed by atoms with Crippen LogP contribution in [0.5, 0.6) is 0 Å². The third kappa shape index (κ3) is 3.88. The fraction of sp³-hybridized carbons (Fsp3) is 0.300. The molecular weight excluding hydrogens is 314 g/mol. The number of aliphatic hydroxyl groups excluding tert-OH is 1. The highest BCUT2D eigenvalue weighted by Crippen LogP contribution is 2.19. The number of benzene rings is 1. The molecule has 1 atom stereocenters. The number of carbonyl (C=O) groups excluding carboxylic acids is 1. The van der Waals surface area contributed by atoms with E-state index >= 15 is 0 Å². The van der Waals surface area contributed by atoms with Gasteiger partial charge in [-0.25, -0.2) is 4.98 Å². The molecule has 0 aliphatic heterocycles. The molecule has 3 rings (SSSR count). The van der Waals surface area contributed by atoms with Crippen molar-refractivity contribution in [2.75, 3.05) is 13.1 Å². The predicted octanol–water partition coefficient (Wildman–Crippen LogP) is 3.00. The zero-order valence-electron chi connectivity index (χ0n) is 14.6. The molecule has 0 fully saturated rings. The Morgan fingerprint density at radius 3 is 2.76 bits per heavy atom. The third-order valence-corrected chi connectivity index (χ3v) is 4.47. The maximum atomic E-state index is 12.7. The number of fused-ring (bicyclic) bond motifs is 1. The quantitative estimate of drug-likeness (QED) is 0.726. The minimum atomic E-state index is -0.686. The van der Waals surface area contributed by atoms with Crippen LogP contribution in [-0.2, 0) is 11.2 Å². The molecule has 0 saturated heterocycles. The first-order valence-electron chi connectivity index (χ1n) is 8.52. The average molecular weight is 337 g/mol. The van der Waals surface area contributed by atoms with E-state index < -0.39 is 6.10 Å². The first-order chi connectivity index (χ1) is 12.1. The van der Waals surface area contributed by atoms with Crippen LogP contribution in [0.3, 0.4) is 0 Å². The summed E-state index contributed by atoms with van der Waals surface area (Å²) in [6.07, 6.45) is 3.16. The fourth-order valence-electron chi connectivity index (χ4n) is 2.94. The van der Waals surface area contributed by atoms with E-state index in [2.05, 4.69) is 9.97 Å². The molecule has 25 heavy (non-hydrogen) atoms. The van der Waals surface area contributed by atoms with Crippen molar-refractivity contribution in [3.63, 3.8) is 0 Å². The average Bonchev–Trinajstić information content (AvgIpc) is 3.03. The van der Waals surface area contributed by atoms with Gasteiger partial charge in [0, 0.05) is 24.3 Å². The summed E-state index contributed by atoms with van der Waals surface area (Å²) < 4.78 is 0. The highest BCUT2D eigenvalue weighted by atomic mass is 16.3. The van der Waals surface area contributed by atoms with Crippen LogP contribution in [0, 0.1) is 6.92 Å². The largest absolute Gasteiger partial charge is 0.387 e. The van der Waals surface area contributed by atoms with E-state index in [0.717, 1.165) is 27.7 Å². The molecule has 0 bridgehead atoms. The molecule has 0 aliphatic carbocycles. The van der Waals surface area contributed by atoms with Crippen LogP contribution < -0.4 is 0 Å². The second kappa shape index (κ2) is 7.49. The summed E-state index contributed by atoms with van der Waals surface area (Å²) in [5, 5.41) is 11.4. The molecule has 1 unspecified atom stereocenters. The fourth-order valence-corrected chi connectivity index (χ4v) is 2.94. The van der Waals surface area contributed by atoms with Crippen LogP contribution in [0.1, 0.15) is 29.7 Å². The van der Waals surface area contributed by atoms with Crippen molar-refractivity contribution in [2.45, 2.75) is 26.4 Å². The van der Waals surface area contributed by atoms with Gasteiger partial charge in [-0.3, -0.25) is 4.79 Å². The number of carbonyl (C=O) groups is 1. The highest BCUT2D eigenvalue weighted by molar-refractivity contribution is 5.87. The van der Waals surface area contributed by atoms with Gasteiger partial charge in [0.1, 0.15) is 5.65 Å². The lowest BCUT2D eigenvalue weighted by Gasteiger charge is -2.24. The maximum absolute atomic E-state index is 12.7. The summed E-state index contributed by atoms with van der Waals surface area (Å²) in [5.41, 5.74) is 3.69. The van der Waals surface area contributed by atoms with Crippen molar-refractivity contribution < 1.29 is 9.90 Å². The lowest BCUT2D eigenvalue weighted by Crippen LogP contribution is -2.35. The molecule has 0 aliphatic rings. The van der Waals surface area contributed by atoms with Gasteiger partial charge in [0.15, 0.2) is 0 Å². The van der Waals surface area contributed by atoms with Crippen LogP contribution in [-0.4, -0.2) is 39.0 Å². The molecular formula is C20H23N3O2. The van der Waals surface area contributed by atoms with Crippen molar-refractivity contribution >= 4 is 16.9 Å². The summed E-state index contributed by atoms with van der Waals surface area (Å²) in [5.74, 6) is -0.00147. The van der Waals surface area contributed by atoms with E-state index in [1.807, 2.05) is 56.4 Å². The normalized spacial score (nSPS) is 12.3. The predicted molar refractivity (Wildman–Crippen MR) is 98.2 cm³/mol. The zero-order chi connectivity index (χ0) is 17.8. The van der Waals surface area contributed by atoms with E-state index in [9.17, 15) is 9.90 Å². The van der Waals surface area contributed by atoms with Gasteiger partial charge in [-0.2, -0.15) is 0 Å². The lowest BCUT2D eigenvalue weighted by molar-refractivity contribution is -0.131.